The van der Waals surface area contributed by atoms with Crippen LogP contribution in [0.3, 0.4) is 0 Å². The minimum Gasteiger partial charge on any atom is -0.450 e. The molecule has 104 valence electrons. The fourth-order valence-electron chi connectivity index (χ4n) is 1.68. The van der Waals surface area contributed by atoms with E-state index in [0.717, 1.165) is 10.0 Å². The van der Waals surface area contributed by atoms with Crippen molar-refractivity contribution in [3.63, 3.8) is 0 Å². The lowest BCUT2D eigenvalue weighted by Gasteiger charge is -2.10. The fraction of sp³-hybridized carbons (Fsp3) is 0.143. The Morgan fingerprint density at radius 2 is 2.00 bits per heavy atom. The maximum absolute atomic E-state index is 11.1. The van der Waals surface area contributed by atoms with Gasteiger partial charge in [0.2, 0.25) is 5.75 Å². The van der Waals surface area contributed by atoms with Gasteiger partial charge in [0.15, 0.2) is 0 Å². The van der Waals surface area contributed by atoms with Gasteiger partial charge in [-0.05, 0) is 36.2 Å². The van der Waals surface area contributed by atoms with Gasteiger partial charge < -0.3 is 4.74 Å². The molecule has 0 spiro atoms. The Balaban J connectivity index is 2.42. The van der Waals surface area contributed by atoms with Gasteiger partial charge >= 0.3 is 5.69 Å². The van der Waals surface area contributed by atoms with Crippen LogP contribution in [0.15, 0.2) is 40.9 Å². The Morgan fingerprint density at radius 1 is 1.25 bits per heavy atom. The third kappa shape index (κ3) is 3.29. The Hall–Kier alpha value is -1.59. The molecule has 0 bridgehead atoms. The standard InChI is InChI=1S/C14H11BrClNO3/c1-9-2-4-11(15)7-14(9)20-13-5-3-10(8-16)6-12(13)17(18)19/h2-7H,8H2,1H3. The van der Waals surface area contributed by atoms with Crippen LogP contribution in [0.2, 0.25) is 0 Å². The van der Waals surface area contributed by atoms with Crippen LogP contribution in [0, 0.1) is 17.0 Å². The van der Waals surface area contributed by atoms with Crippen LogP contribution in [0.1, 0.15) is 11.1 Å². The number of hydrogen-bond donors (Lipinski definition) is 0. The Bertz CT molecular complexity index is 661. The topological polar surface area (TPSA) is 52.4 Å². The molecule has 0 radical (unpaired) electrons. The number of hydrogen-bond acceptors (Lipinski definition) is 3. The number of nitro benzene ring substituents is 1. The summed E-state index contributed by atoms with van der Waals surface area (Å²) < 4.78 is 6.51. The summed E-state index contributed by atoms with van der Waals surface area (Å²) in [7, 11) is 0. The van der Waals surface area contributed by atoms with E-state index in [4.69, 9.17) is 16.3 Å². The third-order valence-corrected chi connectivity index (χ3v) is 3.55. The van der Waals surface area contributed by atoms with E-state index in [-0.39, 0.29) is 17.3 Å². The minimum absolute atomic E-state index is 0.0949. The largest absolute Gasteiger partial charge is 0.450 e. The van der Waals surface area contributed by atoms with E-state index in [1.54, 1.807) is 18.2 Å². The molecule has 0 fully saturated rings. The monoisotopic (exact) mass is 355 g/mol. The number of rotatable bonds is 4. The van der Waals surface area contributed by atoms with E-state index in [0.29, 0.717) is 11.3 Å². The molecule has 0 atom stereocenters. The number of alkyl halides is 1. The van der Waals surface area contributed by atoms with Crippen molar-refractivity contribution < 1.29 is 9.66 Å². The molecular weight excluding hydrogens is 346 g/mol. The zero-order valence-corrected chi connectivity index (χ0v) is 12.9. The van der Waals surface area contributed by atoms with Crippen LogP contribution in [-0.4, -0.2) is 4.92 Å². The molecule has 2 aromatic rings. The molecule has 0 saturated carbocycles. The van der Waals surface area contributed by atoms with E-state index in [2.05, 4.69) is 15.9 Å². The van der Waals surface area contributed by atoms with E-state index in [9.17, 15) is 10.1 Å². The molecule has 0 aromatic heterocycles. The third-order valence-electron chi connectivity index (χ3n) is 2.74. The van der Waals surface area contributed by atoms with Crippen LogP contribution in [-0.2, 0) is 5.88 Å². The fourth-order valence-corrected chi connectivity index (χ4v) is 2.18. The van der Waals surface area contributed by atoms with Crippen molar-refractivity contribution >= 4 is 33.2 Å². The average Bonchev–Trinajstić information content (AvgIpc) is 2.43. The number of aryl methyl sites for hydroxylation is 1. The zero-order chi connectivity index (χ0) is 14.7. The lowest BCUT2D eigenvalue weighted by atomic mass is 10.2. The highest BCUT2D eigenvalue weighted by Gasteiger charge is 2.17. The van der Waals surface area contributed by atoms with E-state index >= 15 is 0 Å². The van der Waals surface area contributed by atoms with Crippen molar-refractivity contribution in [3.05, 3.63) is 62.1 Å². The first kappa shape index (κ1) is 14.8. The Labute approximate surface area is 129 Å². The lowest BCUT2D eigenvalue weighted by molar-refractivity contribution is -0.385. The zero-order valence-electron chi connectivity index (χ0n) is 10.6. The molecule has 0 unspecified atom stereocenters. The van der Waals surface area contributed by atoms with E-state index in [1.165, 1.54) is 6.07 Å². The van der Waals surface area contributed by atoms with Gasteiger partial charge in [-0.25, -0.2) is 0 Å². The Kier molecular flexibility index (Phi) is 4.62. The predicted molar refractivity (Wildman–Crippen MR) is 81.6 cm³/mol. The smallest absolute Gasteiger partial charge is 0.311 e. The number of nitrogens with zero attached hydrogens (tertiary/aromatic N) is 1. The number of nitro groups is 1. The summed E-state index contributed by atoms with van der Waals surface area (Å²) in [5.74, 6) is 0.989. The van der Waals surface area contributed by atoms with Crippen molar-refractivity contribution in [2.24, 2.45) is 0 Å². The molecule has 20 heavy (non-hydrogen) atoms. The molecule has 6 heteroatoms. The average molecular weight is 357 g/mol. The maximum atomic E-state index is 11.1. The van der Waals surface area contributed by atoms with Crippen molar-refractivity contribution in [3.8, 4) is 11.5 Å². The van der Waals surface area contributed by atoms with Crippen LogP contribution >= 0.6 is 27.5 Å². The van der Waals surface area contributed by atoms with Crippen molar-refractivity contribution in [2.75, 3.05) is 0 Å². The molecule has 2 rings (SSSR count). The van der Waals surface area contributed by atoms with Gasteiger partial charge in [-0.2, -0.15) is 0 Å². The second kappa shape index (κ2) is 6.24. The van der Waals surface area contributed by atoms with Gasteiger partial charge in [-0.15, -0.1) is 11.6 Å². The van der Waals surface area contributed by atoms with Gasteiger partial charge in [0.05, 0.1) is 4.92 Å². The molecule has 0 aliphatic rings. The van der Waals surface area contributed by atoms with Gasteiger partial charge in [-0.3, -0.25) is 10.1 Å². The lowest BCUT2D eigenvalue weighted by Crippen LogP contribution is -1.95. The normalized spacial score (nSPS) is 10.3. The molecule has 0 N–H and O–H groups in total. The molecule has 0 amide bonds. The number of ether oxygens (including phenoxy) is 1. The summed E-state index contributed by atoms with van der Waals surface area (Å²) in [5, 5.41) is 11.1. The van der Waals surface area contributed by atoms with Crippen LogP contribution in [0.4, 0.5) is 5.69 Å². The summed E-state index contributed by atoms with van der Waals surface area (Å²) in [6.07, 6.45) is 0. The highest BCUT2D eigenvalue weighted by molar-refractivity contribution is 9.10. The van der Waals surface area contributed by atoms with Crippen molar-refractivity contribution in [1.29, 1.82) is 0 Å². The second-order valence-corrected chi connectivity index (χ2v) is 5.39. The molecule has 2 aromatic carbocycles. The maximum Gasteiger partial charge on any atom is 0.311 e. The second-order valence-electron chi connectivity index (χ2n) is 4.20. The first-order chi connectivity index (χ1) is 9.51. The molecule has 4 nitrogen and oxygen atoms in total. The summed E-state index contributed by atoms with van der Waals surface area (Å²) in [6, 6.07) is 10.2. The van der Waals surface area contributed by atoms with Crippen LogP contribution < -0.4 is 4.74 Å². The van der Waals surface area contributed by atoms with Gasteiger partial charge in [0, 0.05) is 16.4 Å². The number of benzene rings is 2. The summed E-state index contributed by atoms with van der Waals surface area (Å²) in [6.45, 7) is 1.88. The molecule has 0 aliphatic heterocycles. The highest BCUT2D eigenvalue weighted by Crippen LogP contribution is 2.34. The highest BCUT2D eigenvalue weighted by atomic mass is 79.9. The van der Waals surface area contributed by atoms with Gasteiger partial charge in [0.25, 0.3) is 0 Å². The van der Waals surface area contributed by atoms with E-state index in [1.807, 2.05) is 19.1 Å². The van der Waals surface area contributed by atoms with Gasteiger partial charge in [0.1, 0.15) is 5.75 Å². The summed E-state index contributed by atoms with van der Waals surface area (Å²) in [4.78, 5) is 10.6. The first-order valence-corrected chi connectivity index (χ1v) is 7.11. The summed E-state index contributed by atoms with van der Waals surface area (Å²) in [5.41, 5.74) is 1.48. The van der Waals surface area contributed by atoms with Crippen LogP contribution in [0.25, 0.3) is 0 Å². The minimum atomic E-state index is -0.474. The molecular formula is C14H11BrClNO3. The van der Waals surface area contributed by atoms with Gasteiger partial charge in [-0.1, -0.05) is 28.1 Å². The SMILES string of the molecule is Cc1ccc(Br)cc1Oc1ccc(CCl)cc1[N+](=O)[O-]. The molecule has 0 heterocycles. The van der Waals surface area contributed by atoms with Crippen molar-refractivity contribution in [2.45, 2.75) is 12.8 Å². The first-order valence-electron chi connectivity index (χ1n) is 5.78. The predicted octanol–water partition coefficient (Wildman–Crippen LogP) is 5.20. The molecule has 0 saturated heterocycles. The summed E-state index contributed by atoms with van der Waals surface area (Å²) >= 11 is 9.04. The van der Waals surface area contributed by atoms with Crippen molar-refractivity contribution in [1.82, 2.24) is 0 Å². The molecule has 0 aliphatic carbocycles. The van der Waals surface area contributed by atoms with Crippen LogP contribution in [0.5, 0.6) is 11.5 Å². The quantitative estimate of drug-likeness (QED) is 0.430. The number of halogens is 2. The van der Waals surface area contributed by atoms with E-state index < -0.39 is 4.92 Å². The Morgan fingerprint density at radius 3 is 2.65 bits per heavy atom.